The van der Waals surface area contributed by atoms with Gasteiger partial charge in [0.1, 0.15) is 19.0 Å². The summed E-state index contributed by atoms with van der Waals surface area (Å²) in [6, 6.07) is 4.24. The van der Waals surface area contributed by atoms with E-state index in [2.05, 4.69) is 20.7 Å². The average molecular weight is 339 g/mol. The first-order valence-corrected chi connectivity index (χ1v) is 6.26. The van der Waals surface area contributed by atoms with Crippen molar-refractivity contribution < 1.29 is 28.2 Å². The molecule has 0 aliphatic carbocycles. The van der Waals surface area contributed by atoms with Crippen molar-refractivity contribution >= 4 is 21.9 Å². The van der Waals surface area contributed by atoms with E-state index < -0.39 is 25.1 Å². The SMILES string of the molecule is CCOc1ccc(Br)cc1C(F)(F)COCC(=O)O. The van der Waals surface area contributed by atoms with Gasteiger partial charge in [0.25, 0.3) is 5.92 Å². The molecule has 0 spiro atoms. The molecule has 1 aromatic rings. The van der Waals surface area contributed by atoms with Crippen molar-refractivity contribution in [1.82, 2.24) is 0 Å². The van der Waals surface area contributed by atoms with Crippen molar-refractivity contribution in [3.63, 3.8) is 0 Å². The first-order valence-electron chi connectivity index (χ1n) is 5.47. The first-order chi connectivity index (χ1) is 8.86. The Balaban J connectivity index is 2.91. The third-order valence-electron chi connectivity index (χ3n) is 2.14. The average Bonchev–Trinajstić information content (AvgIpc) is 2.31. The molecule has 0 radical (unpaired) electrons. The second kappa shape index (κ2) is 6.81. The number of carboxylic acids is 1. The van der Waals surface area contributed by atoms with Crippen LogP contribution in [0, 0.1) is 0 Å². The lowest BCUT2D eigenvalue weighted by atomic mass is 10.1. The van der Waals surface area contributed by atoms with Gasteiger partial charge in [-0.2, -0.15) is 8.78 Å². The van der Waals surface area contributed by atoms with Crippen LogP contribution in [0.1, 0.15) is 12.5 Å². The van der Waals surface area contributed by atoms with Crippen LogP contribution in [0.3, 0.4) is 0 Å². The fourth-order valence-electron chi connectivity index (χ4n) is 1.41. The normalized spacial score (nSPS) is 11.4. The zero-order valence-corrected chi connectivity index (χ0v) is 11.7. The largest absolute Gasteiger partial charge is 0.493 e. The summed E-state index contributed by atoms with van der Waals surface area (Å²) < 4.78 is 38.0. The van der Waals surface area contributed by atoms with Crippen LogP contribution in [-0.4, -0.2) is 30.9 Å². The van der Waals surface area contributed by atoms with E-state index in [4.69, 9.17) is 9.84 Å². The molecule has 0 aliphatic rings. The van der Waals surface area contributed by atoms with E-state index in [-0.39, 0.29) is 17.9 Å². The summed E-state index contributed by atoms with van der Waals surface area (Å²) in [5.74, 6) is -4.58. The Bertz CT molecular complexity index is 451. The van der Waals surface area contributed by atoms with Crippen LogP contribution in [0.5, 0.6) is 5.75 Å². The summed E-state index contributed by atoms with van der Waals surface area (Å²) >= 11 is 3.11. The lowest BCUT2D eigenvalue weighted by Gasteiger charge is -2.20. The summed E-state index contributed by atoms with van der Waals surface area (Å²) in [5.41, 5.74) is -0.339. The quantitative estimate of drug-likeness (QED) is 0.830. The molecule has 0 amide bonds. The van der Waals surface area contributed by atoms with E-state index >= 15 is 0 Å². The van der Waals surface area contributed by atoms with E-state index in [1.807, 2.05) is 0 Å². The summed E-state index contributed by atoms with van der Waals surface area (Å²) in [4.78, 5) is 10.2. The second-order valence-electron chi connectivity index (χ2n) is 3.66. The molecular formula is C12H13BrF2O4. The Morgan fingerprint density at radius 2 is 2.16 bits per heavy atom. The van der Waals surface area contributed by atoms with Gasteiger partial charge in [-0.15, -0.1) is 0 Å². The maximum atomic E-state index is 14.0. The van der Waals surface area contributed by atoms with E-state index in [0.717, 1.165) is 0 Å². The molecule has 0 aromatic heterocycles. The summed E-state index contributed by atoms with van der Waals surface area (Å²) in [5, 5.41) is 8.36. The molecule has 4 nitrogen and oxygen atoms in total. The van der Waals surface area contributed by atoms with Crippen molar-refractivity contribution in [3.05, 3.63) is 28.2 Å². The molecule has 0 heterocycles. The molecule has 1 N–H and O–H groups in total. The molecule has 19 heavy (non-hydrogen) atoms. The maximum absolute atomic E-state index is 14.0. The molecule has 0 unspecified atom stereocenters. The van der Waals surface area contributed by atoms with Gasteiger partial charge in [-0.05, 0) is 25.1 Å². The molecule has 0 fully saturated rings. The van der Waals surface area contributed by atoms with Crippen LogP contribution in [0.15, 0.2) is 22.7 Å². The van der Waals surface area contributed by atoms with Gasteiger partial charge in [-0.25, -0.2) is 4.79 Å². The minimum absolute atomic E-state index is 0.0506. The Labute approximate surface area is 117 Å². The highest BCUT2D eigenvalue weighted by atomic mass is 79.9. The van der Waals surface area contributed by atoms with Gasteiger partial charge in [0.15, 0.2) is 0 Å². The van der Waals surface area contributed by atoms with Crippen molar-refractivity contribution in [3.8, 4) is 5.75 Å². The fraction of sp³-hybridized carbons (Fsp3) is 0.417. The molecule has 1 aromatic carbocycles. The number of hydrogen-bond acceptors (Lipinski definition) is 3. The van der Waals surface area contributed by atoms with E-state index in [1.165, 1.54) is 12.1 Å². The number of halogens is 3. The number of alkyl halides is 2. The Morgan fingerprint density at radius 1 is 1.47 bits per heavy atom. The summed E-state index contributed by atoms with van der Waals surface area (Å²) in [6.45, 7) is 0.148. The van der Waals surface area contributed by atoms with E-state index in [9.17, 15) is 13.6 Å². The van der Waals surface area contributed by atoms with Crippen molar-refractivity contribution in [2.24, 2.45) is 0 Å². The number of benzene rings is 1. The Hall–Kier alpha value is -1.21. The van der Waals surface area contributed by atoms with Crippen molar-refractivity contribution in [1.29, 1.82) is 0 Å². The van der Waals surface area contributed by atoms with Gasteiger partial charge in [0.05, 0.1) is 12.2 Å². The number of carboxylic acid groups (broad SMARTS) is 1. The number of rotatable bonds is 7. The molecule has 106 valence electrons. The lowest BCUT2D eigenvalue weighted by molar-refractivity contribution is -0.147. The van der Waals surface area contributed by atoms with Crippen LogP contribution >= 0.6 is 15.9 Å². The topological polar surface area (TPSA) is 55.8 Å². The Kier molecular flexibility index (Phi) is 5.68. The van der Waals surface area contributed by atoms with Crippen LogP contribution in [-0.2, 0) is 15.5 Å². The summed E-state index contributed by atoms with van der Waals surface area (Å²) in [6.07, 6.45) is 0. The maximum Gasteiger partial charge on any atom is 0.329 e. The monoisotopic (exact) mass is 338 g/mol. The Morgan fingerprint density at radius 3 is 2.74 bits per heavy atom. The smallest absolute Gasteiger partial charge is 0.329 e. The standard InChI is InChI=1S/C12H13BrF2O4/c1-2-19-10-4-3-8(13)5-9(10)12(14,15)7-18-6-11(16)17/h3-5H,2,6-7H2,1H3,(H,16,17). The molecule has 0 atom stereocenters. The number of hydrogen-bond donors (Lipinski definition) is 1. The van der Waals surface area contributed by atoms with Crippen LogP contribution in [0.4, 0.5) is 8.78 Å². The molecule has 7 heteroatoms. The van der Waals surface area contributed by atoms with Crippen LogP contribution in [0.2, 0.25) is 0 Å². The molecule has 1 rings (SSSR count). The number of carbonyl (C=O) groups is 1. The lowest BCUT2D eigenvalue weighted by Crippen LogP contribution is -2.24. The van der Waals surface area contributed by atoms with Gasteiger partial charge in [-0.3, -0.25) is 0 Å². The first kappa shape index (κ1) is 15.8. The predicted octanol–water partition coefficient (Wildman–Crippen LogP) is 3.04. The molecule has 0 aliphatic heterocycles. The van der Waals surface area contributed by atoms with Gasteiger partial charge < -0.3 is 14.6 Å². The zero-order valence-electron chi connectivity index (χ0n) is 10.2. The molecular weight excluding hydrogens is 326 g/mol. The van der Waals surface area contributed by atoms with E-state index in [1.54, 1.807) is 13.0 Å². The minimum Gasteiger partial charge on any atom is -0.493 e. The summed E-state index contributed by atoms with van der Waals surface area (Å²) in [7, 11) is 0. The molecule has 0 saturated heterocycles. The van der Waals surface area contributed by atoms with Crippen LogP contribution < -0.4 is 4.74 Å². The third kappa shape index (κ3) is 4.76. The molecule has 0 saturated carbocycles. The molecule has 0 bridgehead atoms. The van der Waals surface area contributed by atoms with Gasteiger partial charge in [0, 0.05) is 4.47 Å². The fourth-order valence-corrected chi connectivity index (χ4v) is 1.77. The number of ether oxygens (including phenoxy) is 2. The van der Waals surface area contributed by atoms with Crippen molar-refractivity contribution in [2.75, 3.05) is 19.8 Å². The van der Waals surface area contributed by atoms with Gasteiger partial charge in [0.2, 0.25) is 0 Å². The zero-order chi connectivity index (χ0) is 14.5. The minimum atomic E-state index is -3.33. The predicted molar refractivity (Wildman–Crippen MR) is 67.7 cm³/mol. The van der Waals surface area contributed by atoms with Gasteiger partial charge >= 0.3 is 5.97 Å². The third-order valence-corrected chi connectivity index (χ3v) is 2.64. The highest BCUT2D eigenvalue weighted by Crippen LogP contribution is 2.37. The highest BCUT2D eigenvalue weighted by Gasteiger charge is 2.35. The van der Waals surface area contributed by atoms with Gasteiger partial charge in [-0.1, -0.05) is 15.9 Å². The highest BCUT2D eigenvalue weighted by molar-refractivity contribution is 9.10. The van der Waals surface area contributed by atoms with Crippen molar-refractivity contribution in [2.45, 2.75) is 12.8 Å². The van der Waals surface area contributed by atoms with Crippen LogP contribution in [0.25, 0.3) is 0 Å². The number of aliphatic carboxylic acids is 1. The van der Waals surface area contributed by atoms with E-state index in [0.29, 0.717) is 4.47 Å². The second-order valence-corrected chi connectivity index (χ2v) is 4.58.